The maximum atomic E-state index is 11.6. The summed E-state index contributed by atoms with van der Waals surface area (Å²) < 4.78 is 5.10. The minimum Gasteiger partial charge on any atom is -0.339 e. The number of aryl methyl sites for hydroxylation is 1. The molecule has 2 rings (SSSR count). The van der Waals surface area contributed by atoms with Crippen molar-refractivity contribution in [3.05, 3.63) is 41.5 Å². The summed E-state index contributed by atoms with van der Waals surface area (Å²) in [6, 6.07) is 8.29. The van der Waals surface area contributed by atoms with Crippen LogP contribution in [0.15, 0.2) is 33.7 Å². The van der Waals surface area contributed by atoms with E-state index < -0.39 is 0 Å². The van der Waals surface area contributed by atoms with E-state index in [4.69, 9.17) is 4.52 Å². The van der Waals surface area contributed by atoms with Gasteiger partial charge >= 0.3 is 0 Å². The van der Waals surface area contributed by atoms with Crippen LogP contribution in [0.5, 0.6) is 0 Å². The molecule has 0 spiro atoms. The zero-order chi connectivity index (χ0) is 14.5. The lowest BCUT2D eigenvalue weighted by Crippen LogP contribution is -2.10. The van der Waals surface area contributed by atoms with Crippen LogP contribution in [0.3, 0.4) is 0 Å². The number of carbonyl (C=O) groups excluding carboxylic acids is 1. The predicted octanol–water partition coefficient (Wildman–Crippen LogP) is 3.44. The third kappa shape index (κ3) is 4.20. The first kappa shape index (κ1) is 14.8. The molecule has 4 nitrogen and oxygen atoms in total. The van der Waals surface area contributed by atoms with Crippen molar-refractivity contribution in [3.8, 4) is 0 Å². The highest BCUT2D eigenvalue weighted by Crippen LogP contribution is 2.21. The summed E-state index contributed by atoms with van der Waals surface area (Å²) in [7, 11) is 0. The van der Waals surface area contributed by atoms with Crippen molar-refractivity contribution in [1.82, 2.24) is 10.1 Å². The average molecular weight is 290 g/mol. The van der Waals surface area contributed by atoms with Crippen LogP contribution in [0.4, 0.5) is 0 Å². The zero-order valence-corrected chi connectivity index (χ0v) is 12.7. The van der Waals surface area contributed by atoms with E-state index in [0.717, 1.165) is 0 Å². The van der Waals surface area contributed by atoms with Crippen molar-refractivity contribution in [3.63, 3.8) is 0 Å². The molecule has 106 valence electrons. The van der Waals surface area contributed by atoms with E-state index in [0.29, 0.717) is 17.5 Å². The smallest absolute Gasteiger partial charge is 0.234 e. The number of hydrogen-bond donors (Lipinski definition) is 0. The van der Waals surface area contributed by atoms with E-state index in [1.165, 1.54) is 10.5 Å². The predicted molar refractivity (Wildman–Crippen MR) is 78.6 cm³/mol. The molecule has 0 radical (unpaired) electrons. The SMILES string of the molecule is Cc1ccc(SCc2noc(CC(=O)C(C)C)n2)cc1. The molecule has 0 aliphatic rings. The first-order valence-corrected chi connectivity index (χ1v) is 7.57. The molecule has 0 fully saturated rings. The number of hydrogen-bond acceptors (Lipinski definition) is 5. The van der Waals surface area contributed by atoms with Crippen molar-refractivity contribution in [2.45, 2.75) is 37.8 Å². The highest BCUT2D eigenvalue weighted by Gasteiger charge is 2.14. The Morgan fingerprint density at radius 2 is 2.00 bits per heavy atom. The Balaban J connectivity index is 1.89. The maximum Gasteiger partial charge on any atom is 0.234 e. The highest BCUT2D eigenvalue weighted by atomic mass is 32.2. The molecule has 0 N–H and O–H groups in total. The fourth-order valence-corrected chi connectivity index (χ4v) is 2.30. The normalized spacial score (nSPS) is 11.0. The Kier molecular flexibility index (Phi) is 4.95. The Morgan fingerprint density at radius 3 is 2.65 bits per heavy atom. The van der Waals surface area contributed by atoms with Crippen molar-refractivity contribution in [1.29, 1.82) is 0 Å². The van der Waals surface area contributed by atoms with Gasteiger partial charge in [-0.2, -0.15) is 4.98 Å². The molecule has 0 amide bonds. The van der Waals surface area contributed by atoms with Crippen molar-refractivity contribution < 1.29 is 9.32 Å². The van der Waals surface area contributed by atoms with Crippen molar-refractivity contribution >= 4 is 17.5 Å². The standard InChI is InChI=1S/C15H18N2O2S/c1-10(2)13(18)8-15-16-14(17-19-15)9-20-12-6-4-11(3)5-7-12/h4-7,10H,8-9H2,1-3H3. The molecule has 0 aliphatic carbocycles. The fraction of sp³-hybridized carbons (Fsp3) is 0.400. The van der Waals surface area contributed by atoms with Gasteiger partial charge in [0.2, 0.25) is 5.89 Å². The number of rotatable bonds is 6. The summed E-state index contributed by atoms with van der Waals surface area (Å²) in [6.07, 6.45) is 0.222. The number of ketones is 1. The fourth-order valence-electron chi connectivity index (χ4n) is 1.56. The van der Waals surface area contributed by atoms with Crippen LogP contribution in [0.1, 0.15) is 31.1 Å². The van der Waals surface area contributed by atoms with Crippen LogP contribution in [-0.4, -0.2) is 15.9 Å². The molecule has 20 heavy (non-hydrogen) atoms. The highest BCUT2D eigenvalue weighted by molar-refractivity contribution is 7.98. The molecule has 1 aromatic carbocycles. The number of benzene rings is 1. The van der Waals surface area contributed by atoms with Gasteiger partial charge in [-0.3, -0.25) is 4.79 Å². The van der Waals surface area contributed by atoms with Crippen LogP contribution >= 0.6 is 11.8 Å². The minimum absolute atomic E-state index is 0.00714. The molecule has 0 unspecified atom stereocenters. The second kappa shape index (κ2) is 6.70. The van der Waals surface area contributed by atoms with Crippen LogP contribution in [0.2, 0.25) is 0 Å². The maximum absolute atomic E-state index is 11.6. The second-order valence-electron chi connectivity index (χ2n) is 5.00. The Labute approximate surface area is 123 Å². The lowest BCUT2D eigenvalue weighted by molar-refractivity contribution is -0.121. The summed E-state index contributed by atoms with van der Waals surface area (Å²) in [4.78, 5) is 17.0. The molecule has 0 bridgehead atoms. The second-order valence-corrected chi connectivity index (χ2v) is 6.05. The van der Waals surface area contributed by atoms with Gasteiger partial charge in [0.1, 0.15) is 5.78 Å². The number of thioether (sulfide) groups is 1. The lowest BCUT2D eigenvalue weighted by atomic mass is 10.1. The number of aromatic nitrogens is 2. The van der Waals surface area contributed by atoms with Gasteiger partial charge in [0, 0.05) is 10.8 Å². The summed E-state index contributed by atoms with van der Waals surface area (Å²) in [5.41, 5.74) is 1.24. The first-order chi connectivity index (χ1) is 9.54. The Bertz CT molecular complexity index is 576. The summed E-state index contributed by atoms with van der Waals surface area (Å²) in [5.74, 6) is 1.78. The van der Waals surface area contributed by atoms with Crippen molar-refractivity contribution in [2.24, 2.45) is 5.92 Å². The Hall–Kier alpha value is -1.62. The summed E-state index contributed by atoms with van der Waals surface area (Å²) >= 11 is 1.65. The lowest BCUT2D eigenvalue weighted by Gasteiger charge is -1.99. The third-order valence-electron chi connectivity index (χ3n) is 2.87. The Morgan fingerprint density at radius 1 is 1.30 bits per heavy atom. The van der Waals surface area contributed by atoms with E-state index in [2.05, 4.69) is 41.3 Å². The zero-order valence-electron chi connectivity index (χ0n) is 11.9. The van der Waals surface area contributed by atoms with Gasteiger partial charge in [-0.1, -0.05) is 36.7 Å². The van der Waals surface area contributed by atoms with E-state index in [-0.39, 0.29) is 18.1 Å². The number of Topliss-reactive ketones (excluding diaryl/α,β-unsaturated/α-hetero) is 1. The van der Waals surface area contributed by atoms with E-state index >= 15 is 0 Å². The van der Waals surface area contributed by atoms with Crippen LogP contribution in [-0.2, 0) is 17.0 Å². The summed E-state index contributed by atoms with van der Waals surface area (Å²) in [5, 5.41) is 3.90. The van der Waals surface area contributed by atoms with Gasteiger partial charge in [-0.05, 0) is 19.1 Å². The van der Waals surface area contributed by atoms with Gasteiger partial charge in [0.15, 0.2) is 5.82 Å². The molecule has 0 atom stereocenters. The van der Waals surface area contributed by atoms with Crippen LogP contribution < -0.4 is 0 Å². The van der Waals surface area contributed by atoms with Gasteiger partial charge in [0.05, 0.1) is 12.2 Å². The molecule has 1 aromatic heterocycles. The third-order valence-corrected chi connectivity index (χ3v) is 3.88. The van der Waals surface area contributed by atoms with E-state index in [9.17, 15) is 4.79 Å². The van der Waals surface area contributed by atoms with Gasteiger partial charge < -0.3 is 4.52 Å². The molecule has 1 heterocycles. The van der Waals surface area contributed by atoms with Crippen LogP contribution in [0.25, 0.3) is 0 Å². The molecule has 2 aromatic rings. The quantitative estimate of drug-likeness (QED) is 0.763. The van der Waals surface area contributed by atoms with E-state index in [1.54, 1.807) is 11.8 Å². The van der Waals surface area contributed by atoms with Gasteiger partial charge in [-0.25, -0.2) is 0 Å². The molecular weight excluding hydrogens is 272 g/mol. The molecule has 5 heteroatoms. The van der Waals surface area contributed by atoms with E-state index in [1.807, 2.05) is 13.8 Å². The minimum atomic E-state index is -0.00714. The van der Waals surface area contributed by atoms with Crippen LogP contribution in [0, 0.1) is 12.8 Å². The molecule has 0 saturated carbocycles. The number of nitrogens with zero attached hydrogens (tertiary/aromatic N) is 2. The average Bonchev–Trinajstić information content (AvgIpc) is 2.85. The first-order valence-electron chi connectivity index (χ1n) is 6.58. The topological polar surface area (TPSA) is 56.0 Å². The molecular formula is C15H18N2O2S. The molecule has 0 saturated heterocycles. The summed E-state index contributed by atoms with van der Waals surface area (Å²) in [6.45, 7) is 5.80. The van der Waals surface area contributed by atoms with Gasteiger partial charge in [-0.15, -0.1) is 11.8 Å². The van der Waals surface area contributed by atoms with Crippen molar-refractivity contribution in [2.75, 3.05) is 0 Å². The molecule has 0 aliphatic heterocycles. The number of carbonyl (C=O) groups is 1. The van der Waals surface area contributed by atoms with Gasteiger partial charge in [0.25, 0.3) is 0 Å². The largest absolute Gasteiger partial charge is 0.339 e. The monoisotopic (exact) mass is 290 g/mol.